The number of nitrogens with zero attached hydrogens (tertiary/aromatic N) is 2. The van der Waals surface area contributed by atoms with Crippen molar-refractivity contribution >= 4 is 56.4 Å². The zero-order valence-corrected chi connectivity index (χ0v) is 15.3. The number of hydrogen-bond acceptors (Lipinski definition) is 4. The Morgan fingerprint density at radius 1 is 1.24 bits per heavy atom. The molecule has 0 radical (unpaired) electrons. The first-order valence-electron chi connectivity index (χ1n) is 7.43. The van der Waals surface area contributed by atoms with E-state index in [0.29, 0.717) is 16.4 Å². The first kappa shape index (κ1) is 17.4. The van der Waals surface area contributed by atoms with Gasteiger partial charge in [0.15, 0.2) is 0 Å². The van der Waals surface area contributed by atoms with Crippen LogP contribution in [0, 0.1) is 0 Å². The third kappa shape index (κ3) is 3.83. The summed E-state index contributed by atoms with van der Waals surface area (Å²) in [5.41, 5.74) is 6.84. The molecule has 1 heterocycles. The van der Waals surface area contributed by atoms with Crippen LogP contribution in [0.3, 0.4) is 0 Å². The van der Waals surface area contributed by atoms with Crippen molar-refractivity contribution in [2.45, 2.75) is 12.5 Å². The molecule has 1 aliphatic heterocycles. The van der Waals surface area contributed by atoms with Crippen molar-refractivity contribution < 1.29 is 9.59 Å². The predicted molar refractivity (Wildman–Crippen MR) is 102 cm³/mol. The molecule has 0 spiro atoms. The number of nitrogens with one attached hydrogen (secondary N) is 1. The number of carbonyl (C=O) groups is 2. The highest BCUT2D eigenvalue weighted by atomic mass is 79.9. The van der Waals surface area contributed by atoms with Gasteiger partial charge < -0.3 is 11.1 Å². The highest BCUT2D eigenvalue weighted by Crippen LogP contribution is 2.27. The Morgan fingerprint density at radius 3 is 2.60 bits per heavy atom. The van der Waals surface area contributed by atoms with Gasteiger partial charge in [-0.05, 0) is 30.3 Å². The molecular weight excluding hydrogens is 408 g/mol. The van der Waals surface area contributed by atoms with E-state index in [0.717, 1.165) is 4.47 Å². The molecule has 0 aliphatic carbocycles. The van der Waals surface area contributed by atoms with Crippen LogP contribution in [-0.2, 0) is 9.59 Å². The topological polar surface area (TPSA) is 87.8 Å². The number of carbonyl (C=O) groups excluding carboxylic acids is 2. The minimum atomic E-state index is -0.705. The molecule has 128 valence electrons. The maximum absolute atomic E-state index is 12.5. The normalized spacial score (nSPS) is 16.5. The second-order valence-corrected chi connectivity index (χ2v) is 6.75. The van der Waals surface area contributed by atoms with Gasteiger partial charge in [-0.2, -0.15) is 5.10 Å². The number of amides is 2. The van der Waals surface area contributed by atoms with Gasteiger partial charge in [-0.1, -0.05) is 45.7 Å². The third-order valence-electron chi connectivity index (χ3n) is 3.70. The molecule has 2 aromatic rings. The maximum Gasteiger partial charge on any atom is 0.272 e. The van der Waals surface area contributed by atoms with Crippen molar-refractivity contribution in [2.75, 3.05) is 10.3 Å². The monoisotopic (exact) mass is 420 g/mol. The molecule has 1 unspecified atom stereocenters. The number of para-hydroxylation sites is 1. The number of nitrogens with two attached hydrogens (primary N) is 1. The smallest absolute Gasteiger partial charge is 0.272 e. The van der Waals surface area contributed by atoms with Gasteiger partial charge in [0, 0.05) is 10.9 Å². The van der Waals surface area contributed by atoms with Crippen molar-refractivity contribution in [1.82, 2.24) is 0 Å². The van der Waals surface area contributed by atoms with Crippen LogP contribution in [0.25, 0.3) is 0 Å². The van der Waals surface area contributed by atoms with Crippen molar-refractivity contribution in [3.63, 3.8) is 0 Å². The average Bonchev–Trinajstić information content (AvgIpc) is 3.04. The minimum absolute atomic E-state index is 0.129. The molecule has 3 rings (SSSR count). The summed E-state index contributed by atoms with van der Waals surface area (Å²) in [5, 5.41) is 8.87. The zero-order valence-electron chi connectivity index (χ0n) is 12.9. The third-order valence-corrected chi connectivity index (χ3v) is 4.51. The van der Waals surface area contributed by atoms with Crippen LogP contribution in [0.4, 0.5) is 11.4 Å². The molecule has 2 amide bonds. The lowest BCUT2D eigenvalue weighted by Gasteiger charge is -2.20. The Kier molecular flexibility index (Phi) is 5.06. The Bertz CT molecular complexity index is 857. The van der Waals surface area contributed by atoms with Crippen LogP contribution in [0.15, 0.2) is 58.1 Å². The van der Waals surface area contributed by atoms with Gasteiger partial charge in [-0.15, -0.1) is 0 Å². The van der Waals surface area contributed by atoms with E-state index in [-0.39, 0.29) is 12.1 Å². The summed E-state index contributed by atoms with van der Waals surface area (Å²) >= 11 is 9.42. The Labute approximate surface area is 157 Å². The van der Waals surface area contributed by atoms with E-state index >= 15 is 0 Å². The largest absolute Gasteiger partial charge is 0.368 e. The van der Waals surface area contributed by atoms with Gasteiger partial charge in [-0.3, -0.25) is 14.6 Å². The number of benzene rings is 2. The number of anilines is 2. The van der Waals surface area contributed by atoms with Gasteiger partial charge in [0.2, 0.25) is 5.91 Å². The van der Waals surface area contributed by atoms with Crippen LogP contribution in [0.5, 0.6) is 0 Å². The van der Waals surface area contributed by atoms with Crippen LogP contribution in [-0.4, -0.2) is 23.6 Å². The first-order chi connectivity index (χ1) is 12.0. The lowest BCUT2D eigenvalue weighted by molar-refractivity contribution is -0.119. The van der Waals surface area contributed by atoms with Crippen LogP contribution in [0.2, 0.25) is 5.02 Å². The summed E-state index contributed by atoms with van der Waals surface area (Å²) in [7, 11) is 0. The molecular formula is C17H14BrClN4O2. The van der Waals surface area contributed by atoms with Crippen LogP contribution < -0.4 is 16.1 Å². The van der Waals surface area contributed by atoms with E-state index in [4.69, 9.17) is 17.3 Å². The van der Waals surface area contributed by atoms with Gasteiger partial charge in [0.05, 0.1) is 16.4 Å². The lowest BCUT2D eigenvalue weighted by atomic mass is 10.1. The summed E-state index contributed by atoms with van der Waals surface area (Å²) < 4.78 is 0.803. The molecule has 3 N–H and O–H groups in total. The van der Waals surface area contributed by atoms with Crippen molar-refractivity contribution in [3.8, 4) is 0 Å². The maximum atomic E-state index is 12.5. The quantitative estimate of drug-likeness (QED) is 0.795. The summed E-state index contributed by atoms with van der Waals surface area (Å²) in [6, 6.07) is 13.5. The molecule has 0 bridgehead atoms. The fourth-order valence-corrected chi connectivity index (χ4v) is 3.19. The van der Waals surface area contributed by atoms with Gasteiger partial charge in [0.1, 0.15) is 11.8 Å². The number of hydrazone groups is 1. The fraction of sp³-hybridized carbons (Fsp3) is 0.118. The summed E-state index contributed by atoms with van der Waals surface area (Å²) in [5.74, 6) is -0.967. The standard InChI is InChI=1S/C17H14BrClN4O2/c18-10-6-7-13(12(19)8-10)21-17(25)14-9-15(16(20)24)23(22-14)11-4-2-1-3-5-11/h1-8,15H,9H2,(H2,20,24)(H,21,25). The Balaban J connectivity index is 1.84. The summed E-state index contributed by atoms with van der Waals surface area (Å²) in [6.07, 6.45) is 0.129. The van der Waals surface area contributed by atoms with E-state index in [1.54, 1.807) is 30.3 Å². The molecule has 1 atom stereocenters. The average molecular weight is 422 g/mol. The number of primary amides is 1. The van der Waals surface area contributed by atoms with Gasteiger partial charge in [0.25, 0.3) is 5.91 Å². The molecule has 2 aromatic carbocycles. The second-order valence-electron chi connectivity index (χ2n) is 5.43. The molecule has 6 nitrogen and oxygen atoms in total. The fourth-order valence-electron chi connectivity index (χ4n) is 2.47. The molecule has 25 heavy (non-hydrogen) atoms. The van der Waals surface area contributed by atoms with E-state index in [2.05, 4.69) is 26.3 Å². The Hall–Kier alpha value is -2.38. The summed E-state index contributed by atoms with van der Waals surface area (Å²) in [6.45, 7) is 0. The predicted octanol–water partition coefficient (Wildman–Crippen LogP) is 3.16. The zero-order chi connectivity index (χ0) is 18.0. The molecule has 8 heteroatoms. The molecule has 0 fully saturated rings. The summed E-state index contributed by atoms with van der Waals surface area (Å²) in [4.78, 5) is 24.3. The van der Waals surface area contributed by atoms with Crippen LogP contribution >= 0.6 is 27.5 Å². The van der Waals surface area contributed by atoms with Crippen molar-refractivity contribution in [2.24, 2.45) is 10.8 Å². The Morgan fingerprint density at radius 2 is 1.96 bits per heavy atom. The molecule has 0 saturated heterocycles. The minimum Gasteiger partial charge on any atom is -0.368 e. The first-order valence-corrected chi connectivity index (χ1v) is 8.60. The lowest BCUT2D eigenvalue weighted by Crippen LogP contribution is -2.39. The van der Waals surface area contributed by atoms with Crippen molar-refractivity contribution in [3.05, 3.63) is 58.0 Å². The van der Waals surface area contributed by atoms with Crippen LogP contribution in [0.1, 0.15) is 6.42 Å². The van der Waals surface area contributed by atoms with Gasteiger partial charge in [-0.25, -0.2) is 0 Å². The molecule has 0 aromatic heterocycles. The molecule has 1 aliphatic rings. The van der Waals surface area contributed by atoms with E-state index in [9.17, 15) is 9.59 Å². The highest BCUT2D eigenvalue weighted by molar-refractivity contribution is 9.10. The van der Waals surface area contributed by atoms with E-state index in [1.807, 2.05) is 18.2 Å². The molecule has 0 saturated carbocycles. The van der Waals surface area contributed by atoms with Crippen molar-refractivity contribution in [1.29, 1.82) is 0 Å². The van der Waals surface area contributed by atoms with Gasteiger partial charge >= 0.3 is 0 Å². The number of hydrogen-bond donors (Lipinski definition) is 2. The van der Waals surface area contributed by atoms with E-state index in [1.165, 1.54) is 5.01 Å². The highest BCUT2D eigenvalue weighted by Gasteiger charge is 2.35. The SMILES string of the molecule is NC(=O)C1CC(C(=O)Nc2ccc(Br)cc2Cl)=NN1c1ccccc1. The second kappa shape index (κ2) is 7.25. The van der Waals surface area contributed by atoms with E-state index < -0.39 is 17.9 Å². The number of rotatable bonds is 4. The number of halogens is 2.